The van der Waals surface area contributed by atoms with Crippen LogP contribution < -0.4 is 5.32 Å². The van der Waals surface area contributed by atoms with E-state index in [9.17, 15) is 0 Å². The molecule has 0 heterocycles. The van der Waals surface area contributed by atoms with Gasteiger partial charge in [0.05, 0.1) is 0 Å². The molecule has 0 atom stereocenters. The summed E-state index contributed by atoms with van der Waals surface area (Å²) in [4.78, 5) is 0. The van der Waals surface area contributed by atoms with Crippen molar-refractivity contribution in [3.63, 3.8) is 0 Å². The second-order valence-corrected chi connectivity index (χ2v) is 3.85. The molecule has 0 radical (unpaired) electrons. The van der Waals surface area contributed by atoms with Crippen molar-refractivity contribution in [1.29, 1.82) is 0 Å². The Morgan fingerprint density at radius 3 is 2.64 bits per heavy atom. The minimum Gasteiger partial charge on any atom is -0.387 e. The molecule has 0 spiro atoms. The number of anilines is 1. The Balaban J connectivity index is 3.24. The van der Waals surface area contributed by atoms with Gasteiger partial charge in [0, 0.05) is 21.3 Å². The summed E-state index contributed by atoms with van der Waals surface area (Å²) in [5.74, 6) is 0. The number of benzene rings is 1. The lowest BCUT2D eigenvalue weighted by atomic mass is 10.2. The molecule has 0 aliphatic carbocycles. The monoisotopic (exact) mass is 281 g/mol. The maximum absolute atomic E-state index is 5.86. The van der Waals surface area contributed by atoms with E-state index in [1.165, 1.54) is 9.13 Å². The quantitative estimate of drug-likeness (QED) is 0.779. The maximum atomic E-state index is 5.86. The van der Waals surface area contributed by atoms with Crippen molar-refractivity contribution in [2.45, 2.75) is 6.92 Å². The summed E-state index contributed by atoms with van der Waals surface area (Å²) in [6.45, 7) is 2.05. The van der Waals surface area contributed by atoms with Gasteiger partial charge in [0.25, 0.3) is 0 Å². The van der Waals surface area contributed by atoms with Crippen LogP contribution in [0.2, 0.25) is 5.02 Å². The van der Waals surface area contributed by atoms with Crippen LogP contribution in [0.1, 0.15) is 5.56 Å². The van der Waals surface area contributed by atoms with Crippen molar-refractivity contribution in [2.24, 2.45) is 0 Å². The first kappa shape index (κ1) is 9.13. The summed E-state index contributed by atoms with van der Waals surface area (Å²) in [5, 5.41) is 3.87. The fourth-order valence-electron chi connectivity index (χ4n) is 0.907. The molecule has 0 aromatic heterocycles. The number of aryl methyl sites for hydroxylation is 1. The van der Waals surface area contributed by atoms with Crippen LogP contribution in [-0.2, 0) is 0 Å². The third kappa shape index (κ3) is 1.99. The number of nitrogens with one attached hydrogen (secondary N) is 1. The molecule has 0 saturated carbocycles. The number of rotatable bonds is 1. The molecule has 0 aliphatic heterocycles. The predicted molar refractivity (Wildman–Crippen MR) is 58.5 cm³/mol. The average molecular weight is 282 g/mol. The third-order valence-corrected chi connectivity index (χ3v) is 3.14. The minimum atomic E-state index is 0.785. The fourth-order valence-corrected chi connectivity index (χ4v) is 1.76. The topological polar surface area (TPSA) is 12.0 Å². The van der Waals surface area contributed by atoms with Gasteiger partial charge in [-0.15, -0.1) is 0 Å². The summed E-state index contributed by atoms with van der Waals surface area (Å²) in [6, 6.07) is 3.89. The van der Waals surface area contributed by atoms with Crippen LogP contribution in [0, 0.1) is 10.5 Å². The lowest BCUT2D eigenvalue weighted by Gasteiger charge is -2.06. The Kier molecular flexibility index (Phi) is 3.01. The molecule has 0 saturated heterocycles. The van der Waals surface area contributed by atoms with Crippen LogP contribution in [0.3, 0.4) is 0 Å². The SMILES string of the molecule is CNc1cc(Cl)cc(C)c1I. The first-order valence-corrected chi connectivity index (χ1v) is 4.74. The molecule has 1 N–H and O–H groups in total. The first-order valence-electron chi connectivity index (χ1n) is 3.28. The summed E-state index contributed by atoms with van der Waals surface area (Å²) in [5.41, 5.74) is 2.30. The molecule has 1 aromatic rings. The van der Waals surface area contributed by atoms with E-state index in [4.69, 9.17) is 11.6 Å². The minimum absolute atomic E-state index is 0.785. The van der Waals surface area contributed by atoms with Gasteiger partial charge in [-0.2, -0.15) is 0 Å². The standard InChI is InChI=1S/C8H9ClIN/c1-5-3-6(9)4-7(11-2)8(5)10/h3-4,11H,1-2H3. The Hall–Kier alpha value is 0.0400. The maximum Gasteiger partial charge on any atom is 0.0490 e. The van der Waals surface area contributed by atoms with Crippen molar-refractivity contribution >= 4 is 39.9 Å². The van der Waals surface area contributed by atoms with Crippen LogP contribution >= 0.6 is 34.2 Å². The molecule has 1 aromatic carbocycles. The van der Waals surface area contributed by atoms with E-state index < -0.39 is 0 Å². The van der Waals surface area contributed by atoms with E-state index >= 15 is 0 Å². The normalized spacial score (nSPS) is 9.82. The Morgan fingerprint density at radius 1 is 1.45 bits per heavy atom. The lowest BCUT2D eigenvalue weighted by Crippen LogP contribution is -1.93. The molecule has 60 valence electrons. The van der Waals surface area contributed by atoms with Crippen LogP contribution in [0.25, 0.3) is 0 Å². The summed E-state index contributed by atoms with van der Waals surface area (Å²) < 4.78 is 1.23. The van der Waals surface area contributed by atoms with E-state index in [1.807, 2.05) is 19.2 Å². The highest BCUT2D eigenvalue weighted by Crippen LogP contribution is 2.25. The van der Waals surface area contributed by atoms with Crippen molar-refractivity contribution in [1.82, 2.24) is 0 Å². The Morgan fingerprint density at radius 2 is 2.09 bits per heavy atom. The van der Waals surface area contributed by atoms with E-state index in [2.05, 4.69) is 34.8 Å². The van der Waals surface area contributed by atoms with Crippen molar-refractivity contribution in [3.05, 3.63) is 26.3 Å². The van der Waals surface area contributed by atoms with Crippen LogP contribution in [0.5, 0.6) is 0 Å². The lowest BCUT2D eigenvalue weighted by molar-refractivity contribution is 1.39. The second-order valence-electron chi connectivity index (χ2n) is 2.33. The molecule has 3 heteroatoms. The molecule has 0 amide bonds. The molecule has 0 bridgehead atoms. The van der Waals surface area contributed by atoms with E-state index in [1.54, 1.807) is 0 Å². The molecule has 1 rings (SSSR count). The van der Waals surface area contributed by atoms with Crippen LogP contribution in [0.4, 0.5) is 5.69 Å². The highest BCUT2D eigenvalue weighted by atomic mass is 127. The van der Waals surface area contributed by atoms with E-state index in [0.717, 1.165) is 10.7 Å². The van der Waals surface area contributed by atoms with Gasteiger partial charge in [-0.1, -0.05) is 11.6 Å². The zero-order chi connectivity index (χ0) is 8.43. The van der Waals surface area contributed by atoms with Gasteiger partial charge in [-0.3, -0.25) is 0 Å². The molecule has 0 unspecified atom stereocenters. The molecule has 0 fully saturated rings. The average Bonchev–Trinajstić information content (AvgIpc) is 1.96. The highest BCUT2D eigenvalue weighted by molar-refractivity contribution is 14.1. The van der Waals surface area contributed by atoms with Gasteiger partial charge in [0.1, 0.15) is 0 Å². The van der Waals surface area contributed by atoms with Gasteiger partial charge >= 0.3 is 0 Å². The Labute approximate surface area is 85.3 Å². The summed E-state index contributed by atoms with van der Waals surface area (Å²) >= 11 is 8.16. The summed E-state index contributed by atoms with van der Waals surface area (Å²) in [7, 11) is 1.90. The fraction of sp³-hybridized carbons (Fsp3) is 0.250. The number of halogens is 2. The number of hydrogen-bond donors (Lipinski definition) is 1. The van der Waals surface area contributed by atoms with Gasteiger partial charge in [-0.25, -0.2) is 0 Å². The largest absolute Gasteiger partial charge is 0.387 e. The highest BCUT2D eigenvalue weighted by Gasteiger charge is 2.01. The zero-order valence-corrected chi connectivity index (χ0v) is 9.32. The van der Waals surface area contributed by atoms with Crippen LogP contribution in [-0.4, -0.2) is 7.05 Å². The van der Waals surface area contributed by atoms with Crippen molar-refractivity contribution in [3.8, 4) is 0 Å². The van der Waals surface area contributed by atoms with Gasteiger partial charge < -0.3 is 5.32 Å². The van der Waals surface area contributed by atoms with Gasteiger partial charge in [-0.05, 0) is 47.2 Å². The van der Waals surface area contributed by atoms with E-state index in [0.29, 0.717) is 0 Å². The first-order chi connectivity index (χ1) is 5.15. The van der Waals surface area contributed by atoms with Crippen molar-refractivity contribution in [2.75, 3.05) is 12.4 Å². The number of hydrogen-bond acceptors (Lipinski definition) is 1. The van der Waals surface area contributed by atoms with Crippen LogP contribution in [0.15, 0.2) is 12.1 Å². The second kappa shape index (κ2) is 3.63. The molecule has 11 heavy (non-hydrogen) atoms. The smallest absolute Gasteiger partial charge is 0.0490 e. The zero-order valence-electron chi connectivity index (χ0n) is 6.41. The van der Waals surface area contributed by atoms with Gasteiger partial charge in [0.15, 0.2) is 0 Å². The van der Waals surface area contributed by atoms with E-state index in [-0.39, 0.29) is 0 Å². The summed E-state index contributed by atoms with van der Waals surface area (Å²) in [6.07, 6.45) is 0. The third-order valence-electron chi connectivity index (χ3n) is 1.49. The molecular formula is C8H9ClIN. The molecular weight excluding hydrogens is 272 g/mol. The molecule has 1 nitrogen and oxygen atoms in total. The Bertz CT molecular complexity index is 273. The molecule has 0 aliphatic rings. The van der Waals surface area contributed by atoms with Crippen molar-refractivity contribution < 1.29 is 0 Å². The van der Waals surface area contributed by atoms with Gasteiger partial charge in [0.2, 0.25) is 0 Å². The predicted octanol–water partition coefficient (Wildman–Crippen LogP) is 3.29.